The second-order valence-corrected chi connectivity index (χ2v) is 3.27. The maximum absolute atomic E-state index is 11.8. The van der Waals surface area contributed by atoms with Gasteiger partial charge in [-0.1, -0.05) is 6.07 Å². The van der Waals surface area contributed by atoms with Gasteiger partial charge in [0.2, 0.25) is 0 Å². The first kappa shape index (κ1) is 11.1. The summed E-state index contributed by atoms with van der Waals surface area (Å²) in [5.41, 5.74) is 3.12. The van der Waals surface area contributed by atoms with Gasteiger partial charge in [0.15, 0.2) is 0 Å². The van der Waals surface area contributed by atoms with Gasteiger partial charge in [-0.15, -0.1) is 10.2 Å². The molecule has 6 nitrogen and oxygen atoms in total. The van der Waals surface area contributed by atoms with Crippen LogP contribution in [0.5, 0.6) is 5.75 Å². The van der Waals surface area contributed by atoms with E-state index in [0.29, 0.717) is 17.9 Å². The van der Waals surface area contributed by atoms with E-state index in [0.717, 1.165) is 0 Å². The Kier molecular flexibility index (Phi) is 3.34. The summed E-state index contributed by atoms with van der Waals surface area (Å²) < 4.78 is 6.70. The van der Waals surface area contributed by atoms with Crippen molar-refractivity contribution in [3.05, 3.63) is 42.5 Å². The highest BCUT2D eigenvalue weighted by Crippen LogP contribution is 2.13. The Labute approximate surface area is 98.2 Å². The van der Waals surface area contributed by atoms with E-state index in [9.17, 15) is 4.79 Å². The van der Waals surface area contributed by atoms with Crippen LogP contribution in [0.25, 0.3) is 0 Å². The molecule has 0 aliphatic carbocycles. The number of ether oxygens (including phenoxy) is 1. The summed E-state index contributed by atoms with van der Waals surface area (Å²) in [5.74, 6) is 0.426. The molecular weight excluding hydrogens is 220 g/mol. The number of carbonyl (C=O) groups is 1. The molecule has 1 aromatic carbocycles. The van der Waals surface area contributed by atoms with Crippen LogP contribution in [0.2, 0.25) is 0 Å². The zero-order valence-electron chi connectivity index (χ0n) is 9.33. The van der Waals surface area contributed by atoms with Crippen LogP contribution in [0.4, 0.5) is 0 Å². The van der Waals surface area contributed by atoms with E-state index in [1.807, 2.05) is 6.92 Å². The highest BCUT2D eigenvalue weighted by atomic mass is 16.5. The quantitative estimate of drug-likeness (QED) is 0.855. The molecule has 0 atom stereocenters. The number of aromatic nitrogens is 3. The minimum Gasteiger partial charge on any atom is -0.494 e. The average Bonchev–Trinajstić information content (AvgIpc) is 2.83. The van der Waals surface area contributed by atoms with Crippen molar-refractivity contribution >= 4 is 5.91 Å². The van der Waals surface area contributed by atoms with Gasteiger partial charge in [-0.2, -0.15) is 0 Å². The third-order valence-electron chi connectivity index (χ3n) is 2.06. The lowest BCUT2D eigenvalue weighted by atomic mass is 10.2. The lowest BCUT2D eigenvalue weighted by Crippen LogP contribution is -2.21. The highest BCUT2D eigenvalue weighted by molar-refractivity contribution is 6.00. The Morgan fingerprint density at radius 2 is 2.18 bits per heavy atom. The van der Waals surface area contributed by atoms with Crippen LogP contribution in [0.3, 0.4) is 0 Å². The fourth-order valence-corrected chi connectivity index (χ4v) is 1.33. The first-order chi connectivity index (χ1) is 8.29. The number of rotatable bonds is 4. The number of nitrogens with one attached hydrogen (secondary N) is 1. The molecule has 0 saturated heterocycles. The van der Waals surface area contributed by atoms with Gasteiger partial charge in [-0.25, -0.2) is 4.68 Å². The standard InChI is InChI=1S/C11H12N4O2/c1-2-17-10-5-3-4-9(6-10)11(16)14-15-7-12-13-8-15/h3-8H,2H2,1H3,(H,14,16). The number of benzene rings is 1. The Hall–Kier alpha value is -2.37. The van der Waals surface area contributed by atoms with E-state index in [2.05, 4.69) is 15.6 Å². The molecule has 0 aliphatic heterocycles. The average molecular weight is 232 g/mol. The minimum absolute atomic E-state index is 0.244. The Morgan fingerprint density at radius 3 is 2.88 bits per heavy atom. The van der Waals surface area contributed by atoms with E-state index in [1.54, 1.807) is 24.3 Å². The molecule has 0 bridgehead atoms. The van der Waals surface area contributed by atoms with Crippen LogP contribution in [0, 0.1) is 0 Å². The van der Waals surface area contributed by atoms with Crippen molar-refractivity contribution in [1.82, 2.24) is 14.9 Å². The first-order valence-corrected chi connectivity index (χ1v) is 5.18. The topological polar surface area (TPSA) is 69.0 Å². The molecule has 1 amide bonds. The maximum atomic E-state index is 11.8. The molecule has 17 heavy (non-hydrogen) atoms. The van der Waals surface area contributed by atoms with Gasteiger partial charge in [0.05, 0.1) is 6.61 Å². The highest BCUT2D eigenvalue weighted by Gasteiger charge is 2.06. The molecule has 0 aliphatic rings. The molecule has 0 spiro atoms. The molecule has 88 valence electrons. The van der Waals surface area contributed by atoms with E-state index in [-0.39, 0.29) is 5.91 Å². The Morgan fingerprint density at radius 1 is 1.41 bits per heavy atom. The summed E-state index contributed by atoms with van der Waals surface area (Å²) in [4.78, 5) is 11.8. The number of amides is 1. The van der Waals surface area contributed by atoms with Crippen LogP contribution >= 0.6 is 0 Å². The summed E-state index contributed by atoms with van der Waals surface area (Å²) in [5, 5.41) is 7.18. The molecule has 0 saturated carbocycles. The van der Waals surface area contributed by atoms with E-state index in [1.165, 1.54) is 17.3 Å². The SMILES string of the molecule is CCOc1cccc(C(=O)Nn2cnnc2)c1. The van der Waals surface area contributed by atoms with Crippen molar-refractivity contribution in [2.45, 2.75) is 6.92 Å². The van der Waals surface area contributed by atoms with Gasteiger partial charge in [0.25, 0.3) is 5.91 Å². The van der Waals surface area contributed by atoms with Crippen molar-refractivity contribution < 1.29 is 9.53 Å². The lowest BCUT2D eigenvalue weighted by Gasteiger charge is -2.07. The monoisotopic (exact) mass is 232 g/mol. The number of hydrogen-bond acceptors (Lipinski definition) is 4. The second kappa shape index (κ2) is 5.11. The van der Waals surface area contributed by atoms with Crippen LogP contribution in [-0.4, -0.2) is 27.4 Å². The molecule has 0 radical (unpaired) electrons. The van der Waals surface area contributed by atoms with Gasteiger partial charge < -0.3 is 4.74 Å². The predicted octanol–water partition coefficient (Wildman–Crippen LogP) is 1.06. The van der Waals surface area contributed by atoms with Crippen LogP contribution in [-0.2, 0) is 0 Å². The Balaban J connectivity index is 2.11. The van der Waals surface area contributed by atoms with E-state index < -0.39 is 0 Å². The molecular formula is C11H12N4O2. The van der Waals surface area contributed by atoms with Crippen LogP contribution < -0.4 is 10.2 Å². The van der Waals surface area contributed by atoms with E-state index >= 15 is 0 Å². The molecule has 1 aromatic heterocycles. The molecule has 2 rings (SSSR count). The predicted molar refractivity (Wildman–Crippen MR) is 61.3 cm³/mol. The third-order valence-corrected chi connectivity index (χ3v) is 2.06. The maximum Gasteiger partial charge on any atom is 0.270 e. The third kappa shape index (κ3) is 2.81. The normalized spacial score (nSPS) is 9.94. The Bertz CT molecular complexity index is 496. The molecule has 0 fully saturated rings. The van der Waals surface area contributed by atoms with Gasteiger partial charge in [0.1, 0.15) is 18.4 Å². The summed E-state index contributed by atoms with van der Waals surface area (Å²) in [6, 6.07) is 6.97. The van der Waals surface area contributed by atoms with Gasteiger partial charge in [0, 0.05) is 5.56 Å². The molecule has 1 heterocycles. The second-order valence-electron chi connectivity index (χ2n) is 3.27. The number of carbonyl (C=O) groups excluding carboxylic acids is 1. The molecule has 6 heteroatoms. The van der Waals surface area contributed by atoms with Crippen molar-refractivity contribution in [2.24, 2.45) is 0 Å². The zero-order valence-corrected chi connectivity index (χ0v) is 9.33. The van der Waals surface area contributed by atoms with Crippen molar-refractivity contribution in [3.8, 4) is 5.75 Å². The minimum atomic E-state index is -0.244. The summed E-state index contributed by atoms with van der Waals surface area (Å²) in [6.07, 6.45) is 2.81. The fourth-order valence-electron chi connectivity index (χ4n) is 1.33. The van der Waals surface area contributed by atoms with Gasteiger partial charge in [-0.3, -0.25) is 10.2 Å². The summed E-state index contributed by atoms with van der Waals surface area (Å²) in [6.45, 7) is 2.46. The first-order valence-electron chi connectivity index (χ1n) is 5.18. The van der Waals surface area contributed by atoms with Crippen molar-refractivity contribution in [1.29, 1.82) is 0 Å². The lowest BCUT2D eigenvalue weighted by molar-refractivity contribution is 0.101. The van der Waals surface area contributed by atoms with Crippen molar-refractivity contribution in [2.75, 3.05) is 12.0 Å². The molecule has 1 N–H and O–H groups in total. The number of hydrogen-bond donors (Lipinski definition) is 1. The fraction of sp³-hybridized carbons (Fsp3) is 0.182. The summed E-state index contributed by atoms with van der Waals surface area (Å²) in [7, 11) is 0. The number of nitrogens with zero attached hydrogens (tertiary/aromatic N) is 3. The van der Waals surface area contributed by atoms with Gasteiger partial charge in [-0.05, 0) is 25.1 Å². The molecule has 0 unspecified atom stereocenters. The van der Waals surface area contributed by atoms with Gasteiger partial charge >= 0.3 is 0 Å². The van der Waals surface area contributed by atoms with Crippen molar-refractivity contribution in [3.63, 3.8) is 0 Å². The van der Waals surface area contributed by atoms with Crippen LogP contribution in [0.1, 0.15) is 17.3 Å². The molecule has 2 aromatic rings. The largest absolute Gasteiger partial charge is 0.494 e. The smallest absolute Gasteiger partial charge is 0.270 e. The zero-order chi connectivity index (χ0) is 12.1. The van der Waals surface area contributed by atoms with E-state index in [4.69, 9.17) is 4.74 Å². The summed E-state index contributed by atoms with van der Waals surface area (Å²) >= 11 is 0. The van der Waals surface area contributed by atoms with Crippen LogP contribution in [0.15, 0.2) is 36.9 Å².